The van der Waals surface area contributed by atoms with Crippen LogP contribution in [-0.4, -0.2) is 45.7 Å². The Labute approximate surface area is 127 Å². The average Bonchev–Trinajstić information content (AvgIpc) is 2.27. The summed E-state index contributed by atoms with van der Waals surface area (Å²) in [5.74, 6) is -1.02. The molecule has 0 bridgehead atoms. The summed E-state index contributed by atoms with van der Waals surface area (Å²) in [7, 11) is 0. The maximum Gasteiger partial charge on any atom is 0.410 e. The Kier molecular flexibility index (Phi) is 3.84. The smallest absolute Gasteiger partial charge is 0.410 e. The van der Waals surface area contributed by atoms with Crippen molar-refractivity contribution in [1.82, 2.24) is 9.88 Å². The maximum absolute atomic E-state index is 11.9. The van der Waals surface area contributed by atoms with Gasteiger partial charge in [-0.2, -0.15) is 0 Å². The number of aliphatic carboxylic acids is 1. The lowest BCUT2D eigenvalue weighted by molar-refractivity contribution is -0.150. The third kappa shape index (κ3) is 3.10. The number of carbonyl (C=O) groups is 2. The van der Waals surface area contributed by atoms with Crippen LogP contribution in [0.4, 0.5) is 4.79 Å². The molecule has 1 saturated heterocycles. The van der Waals surface area contributed by atoms with E-state index >= 15 is 0 Å². The highest BCUT2D eigenvalue weighted by Gasteiger charge is 2.54. The van der Waals surface area contributed by atoms with Crippen LogP contribution in [0.25, 0.3) is 0 Å². The Morgan fingerprint density at radius 2 is 2.00 bits per heavy atom. The minimum Gasteiger partial charge on any atom is -0.480 e. The number of hydrogen-bond acceptors (Lipinski definition) is 4. The van der Waals surface area contributed by atoms with Crippen LogP contribution in [-0.2, 0) is 14.9 Å². The highest BCUT2D eigenvalue weighted by Crippen LogP contribution is 2.35. The van der Waals surface area contributed by atoms with Crippen LogP contribution in [0.2, 0.25) is 5.02 Å². The number of aromatic nitrogens is 1. The number of rotatable bonds is 2. The van der Waals surface area contributed by atoms with Crippen LogP contribution in [0.15, 0.2) is 18.3 Å². The maximum atomic E-state index is 11.9. The summed E-state index contributed by atoms with van der Waals surface area (Å²) in [5.41, 5.74) is -1.42. The summed E-state index contributed by atoms with van der Waals surface area (Å²) >= 11 is 5.76. The Bertz CT molecular complexity index is 559. The molecule has 1 amide bonds. The van der Waals surface area contributed by atoms with Crippen LogP contribution in [0, 0.1) is 0 Å². The number of halogens is 1. The van der Waals surface area contributed by atoms with E-state index in [0.29, 0.717) is 10.7 Å². The van der Waals surface area contributed by atoms with Gasteiger partial charge >= 0.3 is 12.1 Å². The van der Waals surface area contributed by atoms with E-state index in [1.54, 1.807) is 32.9 Å². The first-order valence-electron chi connectivity index (χ1n) is 6.47. The Balaban J connectivity index is 2.14. The first-order chi connectivity index (χ1) is 9.64. The molecule has 1 fully saturated rings. The van der Waals surface area contributed by atoms with Crippen molar-refractivity contribution in [1.29, 1.82) is 0 Å². The zero-order chi connectivity index (χ0) is 15.8. The van der Waals surface area contributed by atoms with E-state index in [9.17, 15) is 14.7 Å². The molecule has 1 aromatic rings. The van der Waals surface area contributed by atoms with Gasteiger partial charge in [0.05, 0.1) is 10.7 Å². The molecule has 1 N–H and O–H groups in total. The van der Waals surface area contributed by atoms with Crippen molar-refractivity contribution in [3.8, 4) is 0 Å². The molecule has 0 aliphatic carbocycles. The average molecular weight is 313 g/mol. The van der Waals surface area contributed by atoms with E-state index in [4.69, 9.17) is 16.3 Å². The SMILES string of the molecule is CC(C)(C)OC(=O)N1CC(C(=O)O)(c2ccc(Cl)cn2)C1. The lowest BCUT2D eigenvalue weighted by atomic mass is 9.76. The van der Waals surface area contributed by atoms with Gasteiger partial charge in [0.15, 0.2) is 0 Å². The van der Waals surface area contributed by atoms with Gasteiger partial charge in [-0.05, 0) is 32.9 Å². The van der Waals surface area contributed by atoms with Gasteiger partial charge in [-0.25, -0.2) is 4.79 Å². The minimum absolute atomic E-state index is 0.0336. The van der Waals surface area contributed by atoms with Gasteiger partial charge in [0.2, 0.25) is 0 Å². The van der Waals surface area contributed by atoms with Crippen LogP contribution in [0.1, 0.15) is 26.5 Å². The van der Waals surface area contributed by atoms with Gasteiger partial charge in [0.1, 0.15) is 11.0 Å². The number of ether oxygens (including phenoxy) is 1. The summed E-state index contributed by atoms with van der Waals surface area (Å²) in [5, 5.41) is 9.92. The lowest BCUT2D eigenvalue weighted by Crippen LogP contribution is -2.65. The van der Waals surface area contributed by atoms with E-state index < -0.39 is 23.1 Å². The van der Waals surface area contributed by atoms with Crippen LogP contribution in [0.3, 0.4) is 0 Å². The molecule has 6 nitrogen and oxygen atoms in total. The zero-order valence-electron chi connectivity index (χ0n) is 12.1. The van der Waals surface area contributed by atoms with Gasteiger partial charge in [-0.15, -0.1) is 0 Å². The van der Waals surface area contributed by atoms with Gasteiger partial charge in [0, 0.05) is 19.3 Å². The molecule has 114 valence electrons. The summed E-state index contributed by atoms with van der Waals surface area (Å²) in [6, 6.07) is 3.16. The molecule has 0 atom stereocenters. The Morgan fingerprint density at radius 3 is 2.43 bits per heavy atom. The highest BCUT2D eigenvalue weighted by molar-refractivity contribution is 6.30. The van der Waals surface area contributed by atoms with Crippen LogP contribution in [0.5, 0.6) is 0 Å². The summed E-state index contributed by atoms with van der Waals surface area (Å²) in [6.45, 7) is 5.35. The second-order valence-electron chi connectivity index (χ2n) is 6.09. The summed E-state index contributed by atoms with van der Waals surface area (Å²) in [4.78, 5) is 28.9. The largest absolute Gasteiger partial charge is 0.480 e. The van der Waals surface area contributed by atoms with Gasteiger partial charge in [0.25, 0.3) is 0 Å². The number of nitrogens with zero attached hydrogens (tertiary/aromatic N) is 2. The Hall–Kier alpha value is -1.82. The van der Waals surface area contributed by atoms with Crippen molar-refractivity contribution >= 4 is 23.7 Å². The molecule has 0 radical (unpaired) electrons. The molecule has 2 rings (SSSR count). The molecular formula is C14H17ClN2O4. The molecule has 21 heavy (non-hydrogen) atoms. The molecule has 0 saturated carbocycles. The topological polar surface area (TPSA) is 79.7 Å². The number of pyridine rings is 1. The van der Waals surface area contributed by atoms with Crippen molar-refractivity contribution in [3.63, 3.8) is 0 Å². The molecule has 2 heterocycles. The Morgan fingerprint density at radius 1 is 1.38 bits per heavy atom. The minimum atomic E-state index is -1.19. The fraction of sp³-hybridized carbons (Fsp3) is 0.500. The number of carboxylic acids is 1. The molecular weight excluding hydrogens is 296 g/mol. The van der Waals surface area contributed by atoms with Crippen molar-refractivity contribution in [2.75, 3.05) is 13.1 Å². The van der Waals surface area contributed by atoms with Gasteiger partial charge in [-0.3, -0.25) is 9.78 Å². The number of hydrogen-bond donors (Lipinski definition) is 1. The molecule has 0 aromatic carbocycles. The molecule has 1 aromatic heterocycles. The molecule has 0 spiro atoms. The molecule has 0 unspecified atom stereocenters. The fourth-order valence-electron chi connectivity index (χ4n) is 2.13. The van der Waals surface area contributed by atoms with E-state index in [1.807, 2.05) is 0 Å². The quantitative estimate of drug-likeness (QED) is 0.906. The monoisotopic (exact) mass is 312 g/mol. The van der Waals surface area contributed by atoms with E-state index in [2.05, 4.69) is 4.98 Å². The van der Waals surface area contributed by atoms with Gasteiger partial charge < -0.3 is 14.7 Å². The van der Waals surface area contributed by atoms with Crippen LogP contribution < -0.4 is 0 Å². The second-order valence-corrected chi connectivity index (χ2v) is 6.52. The predicted octanol–water partition coefficient (Wildman–Crippen LogP) is 2.31. The number of amides is 1. The van der Waals surface area contributed by atoms with E-state index in [-0.39, 0.29) is 13.1 Å². The number of likely N-dealkylation sites (tertiary alicyclic amines) is 1. The third-order valence-electron chi connectivity index (χ3n) is 3.20. The fourth-order valence-corrected chi connectivity index (χ4v) is 2.24. The van der Waals surface area contributed by atoms with E-state index in [0.717, 1.165) is 0 Å². The molecule has 7 heteroatoms. The first kappa shape index (κ1) is 15.6. The normalized spacial score (nSPS) is 17.0. The standard InChI is InChI=1S/C14H17ClN2O4/c1-13(2,3)21-12(20)17-7-14(8-17,11(18)19)10-5-4-9(15)6-16-10/h4-6H,7-8H2,1-3H3,(H,18,19). The van der Waals surface area contributed by atoms with Gasteiger partial charge in [-0.1, -0.05) is 11.6 Å². The van der Waals surface area contributed by atoms with E-state index in [1.165, 1.54) is 11.1 Å². The predicted molar refractivity (Wildman–Crippen MR) is 76.4 cm³/mol. The summed E-state index contributed by atoms with van der Waals surface area (Å²) in [6.07, 6.45) is 0.880. The second kappa shape index (κ2) is 5.18. The molecule has 1 aliphatic heterocycles. The van der Waals surface area contributed by atoms with Crippen molar-refractivity contribution in [2.24, 2.45) is 0 Å². The molecule has 1 aliphatic rings. The third-order valence-corrected chi connectivity index (χ3v) is 3.42. The lowest BCUT2D eigenvalue weighted by Gasteiger charge is -2.46. The van der Waals surface area contributed by atoms with Crippen molar-refractivity contribution < 1.29 is 19.4 Å². The number of carbonyl (C=O) groups excluding carboxylic acids is 1. The zero-order valence-corrected chi connectivity index (χ0v) is 12.8. The van der Waals surface area contributed by atoms with Crippen LogP contribution >= 0.6 is 11.6 Å². The first-order valence-corrected chi connectivity index (χ1v) is 6.85. The summed E-state index contributed by atoms with van der Waals surface area (Å²) < 4.78 is 5.22. The number of carboxylic acid groups (broad SMARTS) is 1. The van der Waals surface area contributed by atoms with Crippen molar-refractivity contribution in [3.05, 3.63) is 29.0 Å². The van der Waals surface area contributed by atoms with Crippen molar-refractivity contribution in [2.45, 2.75) is 31.8 Å². The highest BCUT2D eigenvalue weighted by atomic mass is 35.5.